The number of carbonyl (C=O) groups is 1. The number of Topliss-reactive ketones (excluding diaryl/α,β-unsaturated/α-hetero) is 1. The Labute approximate surface area is 163 Å². The molecule has 0 radical (unpaired) electrons. The molecule has 1 atom stereocenters. The number of hydrogen-bond acceptors (Lipinski definition) is 3. The fourth-order valence-corrected chi connectivity index (χ4v) is 4.49. The van der Waals surface area contributed by atoms with Crippen molar-refractivity contribution in [1.29, 1.82) is 0 Å². The summed E-state index contributed by atoms with van der Waals surface area (Å²) in [5, 5.41) is 4.42. The molecule has 2 heterocycles. The molecule has 0 saturated carbocycles. The second-order valence-electron chi connectivity index (χ2n) is 6.81. The van der Waals surface area contributed by atoms with Gasteiger partial charge in [0.05, 0.1) is 5.02 Å². The van der Waals surface area contributed by atoms with Gasteiger partial charge >= 0.3 is 0 Å². The highest BCUT2D eigenvalue weighted by Gasteiger charge is 2.34. The van der Waals surface area contributed by atoms with Crippen molar-refractivity contribution >= 4 is 34.7 Å². The molecule has 134 valence electrons. The van der Waals surface area contributed by atoms with Crippen LogP contribution in [-0.4, -0.2) is 12.3 Å². The largest absolute Gasteiger partial charge is 0.460 e. The predicted octanol–water partition coefficient (Wildman–Crippen LogP) is 5.74. The van der Waals surface area contributed by atoms with Crippen LogP contribution >= 0.6 is 23.2 Å². The number of aryl methyl sites for hydroxylation is 1. The Morgan fingerprint density at radius 1 is 1.23 bits per heavy atom. The van der Waals surface area contributed by atoms with Gasteiger partial charge in [-0.2, -0.15) is 0 Å². The Balaban J connectivity index is 1.94. The number of fused-ring (bicyclic) bond motifs is 2. The Bertz CT molecular complexity index is 949. The Hall–Kier alpha value is -1.97. The van der Waals surface area contributed by atoms with E-state index >= 15 is 0 Å². The average molecular weight is 388 g/mol. The van der Waals surface area contributed by atoms with Gasteiger partial charge in [0.2, 0.25) is 0 Å². The lowest BCUT2D eigenvalue weighted by Crippen LogP contribution is -2.21. The Morgan fingerprint density at radius 3 is 2.81 bits per heavy atom. The van der Waals surface area contributed by atoms with Crippen LogP contribution in [0.25, 0.3) is 0 Å². The van der Waals surface area contributed by atoms with Gasteiger partial charge in [0.15, 0.2) is 5.78 Å². The molecule has 26 heavy (non-hydrogen) atoms. The van der Waals surface area contributed by atoms with E-state index in [1.807, 2.05) is 13.0 Å². The summed E-state index contributed by atoms with van der Waals surface area (Å²) < 4.78 is 5.91. The molecule has 0 saturated heterocycles. The van der Waals surface area contributed by atoms with Crippen LogP contribution in [0.4, 0.5) is 5.69 Å². The number of carbonyl (C=O) groups excluding carboxylic acids is 1. The first-order valence-electron chi connectivity index (χ1n) is 8.71. The number of hydrogen-bond donors (Lipinski definition) is 1. The number of ketones is 1. The standard InChI is InChI=1S/C21H19Cl2NO2/c1-11(25)19-12(2)26-21-16(9-15(22)10-17(21)23)20(19)14-5-6-18-13(8-14)4-3-7-24-18/h5-6,8-10,20,24H,3-4,7H2,1-2H3/t20-/m1/s1. The zero-order valence-corrected chi connectivity index (χ0v) is 16.2. The van der Waals surface area contributed by atoms with Crippen molar-refractivity contribution in [3.05, 3.63) is 68.4 Å². The lowest BCUT2D eigenvalue weighted by molar-refractivity contribution is -0.114. The summed E-state index contributed by atoms with van der Waals surface area (Å²) >= 11 is 12.6. The fraction of sp³-hybridized carbons (Fsp3) is 0.286. The van der Waals surface area contributed by atoms with E-state index in [4.69, 9.17) is 27.9 Å². The first-order valence-corrected chi connectivity index (χ1v) is 9.46. The zero-order chi connectivity index (χ0) is 18.4. The van der Waals surface area contributed by atoms with E-state index in [1.165, 1.54) is 11.3 Å². The second-order valence-corrected chi connectivity index (χ2v) is 7.66. The van der Waals surface area contributed by atoms with Gasteiger partial charge in [-0.1, -0.05) is 35.3 Å². The molecule has 0 spiro atoms. The molecular formula is C21H19Cl2NO2. The lowest BCUT2D eigenvalue weighted by Gasteiger charge is -2.30. The van der Waals surface area contributed by atoms with Gasteiger partial charge in [-0.15, -0.1) is 0 Å². The summed E-state index contributed by atoms with van der Waals surface area (Å²) in [6, 6.07) is 9.87. The molecule has 2 aromatic carbocycles. The topological polar surface area (TPSA) is 38.3 Å². The number of benzene rings is 2. The maximum absolute atomic E-state index is 12.4. The molecule has 2 aliphatic heterocycles. The van der Waals surface area contributed by atoms with Crippen LogP contribution in [0.5, 0.6) is 5.75 Å². The van der Waals surface area contributed by atoms with Crippen LogP contribution in [-0.2, 0) is 11.2 Å². The van der Waals surface area contributed by atoms with E-state index in [-0.39, 0.29) is 11.7 Å². The van der Waals surface area contributed by atoms with E-state index in [2.05, 4.69) is 23.5 Å². The monoisotopic (exact) mass is 387 g/mol. The zero-order valence-electron chi connectivity index (χ0n) is 14.7. The van der Waals surface area contributed by atoms with Gasteiger partial charge in [-0.25, -0.2) is 0 Å². The van der Waals surface area contributed by atoms with E-state index in [0.717, 1.165) is 30.5 Å². The molecule has 2 aromatic rings. The summed E-state index contributed by atoms with van der Waals surface area (Å²) in [4.78, 5) is 12.4. The smallest absolute Gasteiger partial charge is 0.160 e. The van der Waals surface area contributed by atoms with Gasteiger partial charge in [-0.3, -0.25) is 4.79 Å². The van der Waals surface area contributed by atoms with Crippen molar-refractivity contribution in [3.63, 3.8) is 0 Å². The minimum atomic E-state index is -0.236. The quantitative estimate of drug-likeness (QED) is 0.713. The van der Waals surface area contributed by atoms with Crippen molar-refractivity contribution in [2.75, 3.05) is 11.9 Å². The normalized spacial score (nSPS) is 18.5. The predicted molar refractivity (Wildman–Crippen MR) is 106 cm³/mol. The van der Waals surface area contributed by atoms with Crippen LogP contribution in [0.2, 0.25) is 10.0 Å². The molecule has 0 fully saturated rings. The SMILES string of the molecule is CC(=O)C1=C(C)Oc2c(Cl)cc(Cl)cc2[C@H]1c1ccc2c(c1)CCCN2. The number of rotatable bonds is 2. The van der Waals surface area contributed by atoms with Crippen molar-refractivity contribution in [3.8, 4) is 5.75 Å². The third-order valence-corrected chi connectivity index (χ3v) is 5.55. The lowest BCUT2D eigenvalue weighted by atomic mass is 9.80. The first-order chi connectivity index (χ1) is 12.5. The summed E-state index contributed by atoms with van der Waals surface area (Å²) in [5.74, 6) is 0.930. The highest BCUT2D eigenvalue weighted by Crippen LogP contribution is 2.48. The number of anilines is 1. The number of ether oxygens (including phenoxy) is 1. The molecule has 5 heteroatoms. The molecule has 1 N–H and O–H groups in total. The first kappa shape index (κ1) is 17.4. The molecule has 3 nitrogen and oxygen atoms in total. The summed E-state index contributed by atoms with van der Waals surface area (Å²) in [6.45, 7) is 4.39. The fourth-order valence-electron chi connectivity index (χ4n) is 3.94. The van der Waals surface area contributed by atoms with E-state index in [1.54, 1.807) is 13.0 Å². The number of nitrogens with one attached hydrogen (secondary N) is 1. The summed E-state index contributed by atoms with van der Waals surface area (Å²) in [5.41, 5.74) is 4.98. The van der Waals surface area contributed by atoms with Gasteiger partial charge in [0.1, 0.15) is 11.5 Å². The number of allylic oxidation sites excluding steroid dienone is 2. The van der Waals surface area contributed by atoms with E-state index in [9.17, 15) is 4.79 Å². The molecule has 2 aliphatic rings. The van der Waals surface area contributed by atoms with Crippen LogP contribution in [0.15, 0.2) is 41.7 Å². The molecule has 0 unspecified atom stereocenters. The van der Waals surface area contributed by atoms with Crippen LogP contribution in [0, 0.1) is 0 Å². The molecule has 0 amide bonds. The van der Waals surface area contributed by atoms with Crippen molar-refractivity contribution in [2.45, 2.75) is 32.6 Å². The van der Waals surface area contributed by atoms with E-state index in [0.29, 0.717) is 27.1 Å². The van der Waals surface area contributed by atoms with Gasteiger partial charge in [0.25, 0.3) is 0 Å². The maximum Gasteiger partial charge on any atom is 0.160 e. The average Bonchev–Trinajstić information content (AvgIpc) is 2.60. The molecule has 0 aromatic heterocycles. The highest BCUT2D eigenvalue weighted by molar-refractivity contribution is 6.35. The van der Waals surface area contributed by atoms with Crippen molar-refractivity contribution < 1.29 is 9.53 Å². The van der Waals surface area contributed by atoms with Crippen molar-refractivity contribution in [2.24, 2.45) is 0 Å². The summed E-state index contributed by atoms with van der Waals surface area (Å²) in [7, 11) is 0. The van der Waals surface area contributed by atoms with Crippen molar-refractivity contribution in [1.82, 2.24) is 0 Å². The third kappa shape index (κ3) is 2.89. The van der Waals surface area contributed by atoms with Gasteiger partial charge in [-0.05, 0) is 56.0 Å². The highest BCUT2D eigenvalue weighted by atomic mass is 35.5. The molecule has 4 rings (SSSR count). The number of halogens is 2. The summed E-state index contributed by atoms with van der Waals surface area (Å²) in [6.07, 6.45) is 2.13. The third-order valence-electron chi connectivity index (χ3n) is 5.05. The second kappa shape index (κ2) is 6.64. The minimum absolute atomic E-state index is 0.00917. The maximum atomic E-state index is 12.4. The van der Waals surface area contributed by atoms with Crippen LogP contribution in [0.3, 0.4) is 0 Å². The Kier molecular flexibility index (Phi) is 4.45. The van der Waals surface area contributed by atoms with Gasteiger partial charge < -0.3 is 10.1 Å². The Morgan fingerprint density at radius 2 is 2.04 bits per heavy atom. The van der Waals surface area contributed by atoms with Crippen LogP contribution in [0.1, 0.15) is 42.9 Å². The molecule has 0 bridgehead atoms. The minimum Gasteiger partial charge on any atom is -0.460 e. The van der Waals surface area contributed by atoms with Gasteiger partial charge in [0, 0.05) is 34.3 Å². The molecule has 0 aliphatic carbocycles. The molecular weight excluding hydrogens is 369 g/mol. The van der Waals surface area contributed by atoms with Crippen LogP contribution < -0.4 is 10.1 Å². The van der Waals surface area contributed by atoms with E-state index < -0.39 is 0 Å².